The van der Waals surface area contributed by atoms with Crippen LogP contribution in [0.25, 0.3) is 0 Å². The molecule has 0 radical (unpaired) electrons. The maximum Gasteiger partial charge on any atom is 0.127 e. The first kappa shape index (κ1) is 12.8. The van der Waals surface area contributed by atoms with E-state index in [1.807, 2.05) is 19.2 Å². The van der Waals surface area contributed by atoms with Gasteiger partial charge in [0.25, 0.3) is 0 Å². The zero-order valence-corrected chi connectivity index (χ0v) is 11.1. The van der Waals surface area contributed by atoms with E-state index in [4.69, 9.17) is 11.6 Å². The van der Waals surface area contributed by atoms with Crippen LogP contribution in [0.3, 0.4) is 0 Å². The molecule has 1 aromatic heterocycles. The van der Waals surface area contributed by atoms with Crippen molar-refractivity contribution in [3.05, 3.63) is 58.1 Å². The molecule has 1 N–H and O–H groups in total. The largest absolute Gasteiger partial charge is 0.380 e. The summed E-state index contributed by atoms with van der Waals surface area (Å²) in [5.74, 6) is -0.289. The van der Waals surface area contributed by atoms with Crippen molar-refractivity contribution >= 4 is 17.3 Å². The summed E-state index contributed by atoms with van der Waals surface area (Å²) in [6.07, 6.45) is 3.57. The SMILES string of the molecule is Cc1cc(NCc2cnccc2C)c(Cl)cc1F. The highest BCUT2D eigenvalue weighted by atomic mass is 35.5. The Morgan fingerprint density at radius 2 is 2.06 bits per heavy atom. The summed E-state index contributed by atoms with van der Waals surface area (Å²) >= 11 is 5.99. The number of halogens is 2. The molecule has 1 heterocycles. The third kappa shape index (κ3) is 2.79. The lowest BCUT2D eigenvalue weighted by Gasteiger charge is -2.11. The molecule has 0 aliphatic carbocycles. The highest BCUT2D eigenvalue weighted by molar-refractivity contribution is 6.33. The lowest BCUT2D eigenvalue weighted by atomic mass is 10.1. The molecule has 0 spiro atoms. The van der Waals surface area contributed by atoms with Crippen molar-refractivity contribution in [2.24, 2.45) is 0 Å². The minimum atomic E-state index is -0.289. The van der Waals surface area contributed by atoms with E-state index in [0.717, 1.165) is 16.8 Å². The zero-order valence-electron chi connectivity index (χ0n) is 10.3. The first-order chi connectivity index (χ1) is 8.58. The van der Waals surface area contributed by atoms with Crippen LogP contribution in [0.5, 0.6) is 0 Å². The van der Waals surface area contributed by atoms with Gasteiger partial charge in [-0.3, -0.25) is 4.98 Å². The topological polar surface area (TPSA) is 24.9 Å². The quantitative estimate of drug-likeness (QED) is 0.903. The number of rotatable bonds is 3. The van der Waals surface area contributed by atoms with Crippen LogP contribution in [-0.2, 0) is 6.54 Å². The Morgan fingerprint density at radius 1 is 1.28 bits per heavy atom. The summed E-state index contributed by atoms with van der Waals surface area (Å²) in [5, 5.41) is 3.59. The van der Waals surface area contributed by atoms with Gasteiger partial charge < -0.3 is 5.32 Å². The third-order valence-electron chi connectivity index (χ3n) is 2.87. The van der Waals surface area contributed by atoms with Crippen LogP contribution in [0.2, 0.25) is 5.02 Å². The fourth-order valence-electron chi connectivity index (χ4n) is 1.66. The van der Waals surface area contributed by atoms with Crippen LogP contribution >= 0.6 is 11.6 Å². The lowest BCUT2D eigenvalue weighted by Crippen LogP contribution is -2.03. The average Bonchev–Trinajstić information content (AvgIpc) is 2.34. The number of aryl methyl sites for hydroxylation is 2. The molecule has 1 aromatic carbocycles. The van der Waals surface area contributed by atoms with Crippen LogP contribution in [0.4, 0.5) is 10.1 Å². The van der Waals surface area contributed by atoms with Gasteiger partial charge in [0.2, 0.25) is 0 Å². The van der Waals surface area contributed by atoms with Crippen molar-refractivity contribution in [1.82, 2.24) is 4.98 Å². The maximum atomic E-state index is 13.3. The van der Waals surface area contributed by atoms with E-state index in [1.165, 1.54) is 6.07 Å². The molecule has 2 nitrogen and oxygen atoms in total. The van der Waals surface area contributed by atoms with Crippen LogP contribution in [-0.4, -0.2) is 4.98 Å². The Kier molecular flexibility index (Phi) is 3.82. The van der Waals surface area contributed by atoms with Crippen molar-refractivity contribution in [3.8, 4) is 0 Å². The number of nitrogens with one attached hydrogen (secondary N) is 1. The van der Waals surface area contributed by atoms with Crippen LogP contribution in [0, 0.1) is 19.7 Å². The molecule has 0 amide bonds. The summed E-state index contributed by atoms with van der Waals surface area (Å²) in [6.45, 7) is 4.35. The molecule has 0 saturated carbocycles. The molecule has 0 bridgehead atoms. The standard InChI is InChI=1S/C14H14ClFN2/c1-9-3-4-17-7-11(9)8-18-14-5-10(2)13(16)6-12(14)15/h3-7,18H,8H2,1-2H3. The van der Waals surface area contributed by atoms with Gasteiger partial charge in [-0.2, -0.15) is 0 Å². The summed E-state index contributed by atoms with van der Waals surface area (Å²) in [4.78, 5) is 4.08. The van der Waals surface area contributed by atoms with E-state index < -0.39 is 0 Å². The zero-order chi connectivity index (χ0) is 13.1. The molecule has 2 rings (SSSR count). The van der Waals surface area contributed by atoms with Gasteiger partial charge >= 0.3 is 0 Å². The summed E-state index contributed by atoms with van der Waals surface area (Å²) in [6, 6.07) is 4.99. The Balaban J connectivity index is 2.16. The fraction of sp³-hybridized carbons (Fsp3) is 0.214. The molecule has 0 unspecified atom stereocenters. The van der Waals surface area contributed by atoms with Gasteiger partial charge in [-0.25, -0.2) is 4.39 Å². The second-order valence-corrected chi connectivity index (χ2v) is 4.64. The fourth-order valence-corrected chi connectivity index (χ4v) is 1.88. The molecule has 0 aliphatic rings. The maximum absolute atomic E-state index is 13.3. The monoisotopic (exact) mass is 264 g/mol. The molecule has 94 valence electrons. The highest BCUT2D eigenvalue weighted by Crippen LogP contribution is 2.25. The molecule has 4 heteroatoms. The van der Waals surface area contributed by atoms with Gasteiger partial charge in [-0.05, 0) is 48.7 Å². The van der Waals surface area contributed by atoms with E-state index >= 15 is 0 Å². The van der Waals surface area contributed by atoms with Crippen LogP contribution in [0.15, 0.2) is 30.6 Å². The number of pyridine rings is 1. The number of benzene rings is 1. The molecular weight excluding hydrogens is 251 g/mol. The van der Waals surface area contributed by atoms with E-state index in [0.29, 0.717) is 17.1 Å². The Labute approximate surface area is 111 Å². The van der Waals surface area contributed by atoms with Gasteiger partial charge in [0.1, 0.15) is 5.82 Å². The molecule has 2 aromatic rings. The highest BCUT2D eigenvalue weighted by Gasteiger charge is 2.06. The number of hydrogen-bond acceptors (Lipinski definition) is 2. The number of nitrogens with zero attached hydrogens (tertiary/aromatic N) is 1. The van der Waals surface area contributed by atoms with E-state index in [1.54, 1.807) is 19.2 Å². The van der Waals surface area contributed by atoms with E-state index in [2.05, 4.69) is 10.3 Å². The molecule has 0 fully saturated rings. The Hall–Kier alpha value is -1.61. The summed E-state index contributed by atoms with van der Waals surface area (Å²) in [5.41, 5.74) is 3.56. The number of aromatic nitrogens is 1. The van der Waals surface area contributed by atoms with Gasteiger partial charge in [-0.1, -0.05) is 11.6 Å². The first-order valence-corrected chi connectivity index (χ1v) is 6.04. The van der Waals surface area contributed by atoms with Crippen molar-refractivity contribution in [2.75, 3.05) is 5.32 Å². The third-order valence-corrected chi connectivity index (χ3v) is 3.18. The van der Waals surface area contributed by atoms with Crippen molar-refractivity contribution in [1.29, 1.82) is 0 Å². The predicted octanol–water partition coefficient (Wildman–Crippen LogP) is 4.10. The lowest BCUT2D eigenvalue weighted by molar-refractivity contribution is 0.619. The van der Waals surface area contributed by atoms with Gasteiger partial charge in [0.05, 0.1) is 10.7 Å². The van der Waals surface area contributed by atoms with Gasteiger partial charge in [0, 0.05) is 18.9 Å². The number of anilines is 1. The van der Waals surface area contributed by atoms with Gasteiger partial charge in [-0.15, -0.1) is 0 Å². The van der Waals surface area contributed by atoms with Crippen LogP contribution in [0.1, 0.15) is 16.7 Å². The second-order valence-electron chi connectivity index (χ2n) is 4.24. The van der Waals surface area contributed by atoms with Gasteiger partial charge in [0.15, 0.2) is 0 Å². The summed E-state index contributed by atoms with van der Waals surface area (Å²) < 4.78 is 13.3. The summed E-state index contributed by atoms with van der Waals surface area (Å²) in [7, 11) is 0. The Morgan fingerprint density at radius 3 is 2.78 bits per heavy atom. The Bertz CT molecular complexity index is 570. The molecule has 0 atom stereocenters. The van der Waals surface area contributed by atoms with E-state index in [-0.39, 0.29) is 5.82 Å². The average molecular weight is 265 g/mol. The van der Waals surface area contributed by atoms with Crippen LogP contribution < -0.4 is 5.32 Å². The first-order valence-electron chi connectivity index (χ1n) is 5.67. The molecule has 0 aliphatic heterocycles. The smallest absolute Gasteiger partial charge is 0.127 e. The van der Waals surface area contributed by atoms with E-state index in [9.17, 15) is 4.39 Å². The molecular formula is C14H14ClFN2. The number of hydrogen-bond donors (Lipinski definition) is 1. The normalized spacial score (nSPS) is 10.4. The predicted molar refractivity (Wildman–Crippen MR) is 72.4 cm³/mol. The van der Waals surface area contributed by atoms with Crippen molar-refractivity contribution in [3.63, 3.8) is 0 Å². The van der Waals surface area contributed by atoms with Crippen molar-refractivity contribution < 1.29 is 4.39 Å². The van der Waals surface area contributed by atoms with Crippen molar-refractivity contribution in [2.45, 2.75) is 20.4 Å². The molecule has 0 saturated heterocycles. The second kappa shape index (κ2) is 5.36. The minimum Gasteiger partial charge on any atom is -0.380 e. The minimum absolute atomic E-state index is 0.289. The molecule has 18 heavy (non-hydrogen) atoms.